The Balaban J connectivity index is 1.61. The number of nitrogens with one attached hydrogen (secondary N) is 1. The van der Waals surface area contributed by atoms with E-state index >= 15 is 0 Å². The van der Waals surface area contributed by atoms with Gasteiger partial charge < -0.3 is 19.9 Å². The zero-order valence-electron chi connectivity index (χ0n) is 12.8. The summed E-state index contributed by atoms with van der Waals surface area (Å²) in [6.07, 6.45) is 4.33. The first-order valence-electron chi connectivity index (χ1n) is 8.11. The van der Waals surface area contributed by atoms with Crippen LogP contribution in [0.3, 0.4) is 0 Å². The van der Waals surface area contributed by atoms with Gasteiger partial charge >= 0.3 is 0 Å². The van der Waals surface area contributed by atoms with Gasteiger partial charge in [0.1, 0.15) is 0 Å². The van der Waals surface area contributed by atoms with Crippen LogP contribution in [0, 0.1) is 0 Å². The second-order valence-electron chi connectivity index (χ2n) is 5.76. The lowest BCUT2D eigenvalue weighted by Crippen LogP contribution is -2.42. The fourth-order valence-corrected chi connectivity index (χ4v) is 3.03. The summed E-state index contributed by atoms with van der Waals surface area (Å²) in [7, 11) is 0. The fourth-order valence-electron chi connectivity index (χ4n) is 3.03. The molecule has 20 heavy (non-hydrogen) atoms. The van der Waals surface area contributed by atoms with Gasteiger partial charge in [-0.25, -0.2) is 0 Å². The van der Waals surface area contributed by atoms with E-state index in [1.165, 1.54) is 32.4 Å². The molecule has 0 aromatic carbocycles. The van der Waals surface area contributed by atoms with Gasteiger partial charge in [0, 0.05) is 32.1 Å². The van der Waals surface area contributed by atoms with Crippen LogP contribution in [0.5, 0.6) is 0 Å². The molecule has 2 fully saturated rings. The number of carbonyl (C=O) groups is 1. The third kappa shape index (κ3) is 5.04. The first kappa shape index (κ1) is 15.7. The number of hydrogen-bond acceptors (Lipinski definition) is 4. The van der Waals surface area contributed by atoms with Crippen molar-refractivity contribution in [2.24, 2.45) is 0 Å². The summed E-state index contributed by atoms with van der Waals surface area (Å²) in [4.78, 5) is 16.5. The second-order valence-corrected chi connectivity index (χ2v) is 5.76. The fraction of sp³-hybridized carbons (Fsp3) is 0.933. The highest BCUT2D eigenvalue weighted by Gasteiger charge is 2.18. The molecule has 2 aliphatic heterocycles. The number of rotatable bonds is 5. The van der Waals surface area contributed by atoms with Gasteiger partial charge in [0.15, 0.2) is 0 Å². The average molecular weight is 283 g/mol. The molecule has 5 heteroatoms. The minimum absolute atomic E-state index is 0.268. The van der Waals surface area contributed by atoms with Crippen molar-refractivity contribution in [3.63, 3.8) is 0 Å². The Morgan fingerprint density at radius 3 is 2.75 bits per heavy atom. The Morgan fingerprint density at radius 1 is 1.20 bits per heavy atom. The molecule has 0 saturated carbocycles. The topological polar surface area (TPSA) is 44.8 Å². The normalized spacial score (nSPS) is 25.4. The van der Waals surface area contributed by atoms with Crippen LogP contribution in [-0.2, 0) is 9.53 Å². The SMILES string of the molecule is CCN1CCCC(NCCC(=O)N2CCOCC2)CC1. The van der Waals surface area contributed by atoms with Crippen molar-refractivity contribution in [3.8, 4) is 0 Å². The predicted octanol–water partition coefficient (Wildman–Crippen LogP) is 0.699. The molecule has 0 aromatic heterocycles. The Kier molecular flexibility index (Phi) is 6.76. The van der Waals surface area contributed by atoms with Gasteiger partial charge in [0.25, 0.3) is 0 Å². The quantitative estimate of drug-likeness (QED) is 0.807. The minimum Gasteiger partial charge on any atom is -0.378 e. The monoisotopic (exact) mass is 283 g/mol. The van der Waals surface area contributed by atoms with E-state index in [4.69, 9.17) is 4.74 Å². The Morgan fingerprint density at radius 2 is 2.00 bits per heavy atom. The van der Waals surface area contributed by atoms with Crippen LogP contribution in [0.25, 0.3) is 0 Å². The molecule has 5 nitrogen and oxygen atoms in total. The lowest BCUT2D eigenvalue weighted by Gasteiger charge is -2.27. The largest absolute Gasteiger partial charge is 0.378 e. The molecule has 1 amide bonds. The van der Waals surface area contributed by atoms with Crippen molar-refractivity contribution in [2.75, 3.05) is 52.5 Å². The zero-order valence-corrected chi connectivity index (χ0v) is 12.8. The summed E-state index contributed by atoms with van der Waals surface area (Å²) >= 11 is 0. The lowest BCUT2D eigenvalue weighted by molar-refractivity contribution is -0.135. The first-order valence-corrected chi connectivity index (χ1v) is 8.11. The van der Waals surface area contributed by atoms with Gasteiger partial charge in [-0.3, -0.25) is 4.79 Å². The molecule has 0 aromatic rings. The predicted molar refractivity (Wildman–Crippen MR) is 79.8 cm³/mol. The number of nitrogens with zero attached hydrogens (tertiary/aromatic N) is 2. The van der Waals surface area contributed by atoms with Gasteiger partial charge in [-0.15, -0.1) is 0 Å². The number of ether oxygens (including phenoxy) is 1. The van der Waals surface area contributed by atoms with E-state index in [1.54, 1.807) is 0 Å². The van der Waals surface area contributed by atoms with Gasteiger partial charge in [-0.05, 0) is 38.9 Å². The number of carbonyl (C=O) groups excluding carboxylic acids is 1. The summed E-state index contributed by atoms with van der Waals surface area (Å²) in [6, 6.07) is 0.587. The van der Waals surface area contributed by atoms with Crippen molar-refractivity contribution in [2.45, 2.75) is 38.6 Å². The minimum atomic E-state index is 0.268. The van der Waals surface area contributed by atoms with Crippen LogP contribution >= 0.6 is 0 Å². The van der Waals surface area contributed by atoms with Crippen molar-refractivity contribution in [1.29, 1.82) is 0 Å². The summed E-state index contributed by atoms with van der Waals surface area (Å²) in [6.45, 7) is 9.50. The molecule has 2 rings (SSSR count). The van der Waals surface area contributed by atoms with E-state index in [2.05, 4.69) is 17.1 Å². The highest BCUT2D eigenvalue weighted by Crippen LogP contribution is 2.10. The molecule has 1 unspecified atom stereocenters. The summed E-state index contributed by atoms with van der Waals surface area (Å²) in [5.74, 6) is 0.268. The standard InChI is InChI=1S/C15H29N3O2/c1-2-17-8-3-4-14(6-9-17)16-7-5-15(19)18-10-12-20-13-11-18/h14,16H,2-13H2,1H3. The number of likely N-dealkylation sites (tertiary alicyclic amines) is 1. The van der Waals surface area contributed by atoms with Crippen LogP contribution in [-0.4, -0.2) is 74.2 Å². The van der Waals surface area contributed by atoms with Crippen LogP contribution in [0.4, 0.5) is 0 Å². The summed E-state index contributed by atoms with van der Waals surface area (Å²) < 4.78 is 5.27. The number of hydrogen-bond donors (Lipinski definition) is 1. The van der Waals surface area contributed by atoms with Crippen molar-refractivity contribution in [1.82, 2.24) is 15.1 Å². The third-order valence-corrected chi connectivity index (χ3v) is 4.40. The summed E-state index contributed by atoms with van der Waals surface area (Å²) in [5.41, 5.74) is 0. The molecule has 2 saturated heterocycles. The van der Waals surface area contributed by atoms with Crippen LogP contribution in [0.2, 0.25) is 0 Å². The van der Waals surface area contributed by atoms with Gasteiger partial charge in [-0.1, -0.05) is 6.92 Å². The molecule has 0 aliphatic carbocycles. The van der Waals surface area contributed by atoms with Crippen LogP contribution in [0.15, 0.2) is 0 Å². The van der Waals surface area contributed by atoms with Crippen molar-refractivity contribution >= 4 is 5.91 Å². The highest BCUT2D eigenvalue weighted by atomic mass is 16.5. The molecule has 0 radical (unpaired) electrons. The van der Waals surface area contributed by atoms with E-state index < -0.39 is 0 Å². The highest BCUT2D eigenvalue weighted by molar-refractivity contribution is 5.76. The zero-order chi connectivity index (χ0) is 14.2. The molecule has 0 bridgehead atoms. The van der Waals surface area contributed by atoms with Crippen LogP contribution in [0.1, 0.15) is 32.6 Å². The van der Waals surface area contributed by atoms with E-state index in [1.807, 2.05) is 4.90 Å². The molecule has 0 spiro atoms. The lowest BCUT2D eigenvalue weighted by atomic mass is 10.1. The number of morpholine rings is 1. The van der Waals surface area contributed by atoms with E-state index in [0.29, 0.717) is 25.7 Å². The Bertz CT molecular complexity index is 293. The smallest absolute Gasteiger partial charge is 0.224 e. The molecular formula is C15H29N3O2. The Labute approximate surface area is 122 Å². The van der Waals surface area contributed by atoms with E-state index in [0.717, 1.165) is 26.2 Å². The van der Waals surface area contributed by atoms with Gasteiger partial charge in [0.2, 0.25) is 5.91 Å². The van der Waals surface area contributed by atoms with Crippen molar-refractivity contribution < 1.29 is 9.53 Å². The summed E-state index contributed by atoms with van der Waals surface area (Å²) in [5, 5.41) is 3.57. The maximum absolute atomic E-state index is 12.0. The van der Waals surface area contributed by atoms with Crippen molar-refractivity contribution in [3.05, 3.63) is 0 Å². The maximum Gasteiger partial charge on any atom is 0.224 e. The van der Waals surface area contributed by atoms with E-state index in [-0.39, 0.29) is 5.91 Å². The second kappa shape index (κ2) is 8.60. The van der Waals surface area contributed by atoms with Gasteiger partial charge in [-0.2, -0.15) is 0 Å². The third-order valence-electron chi connectivity index (χ3n) is 4.40. The van der Waals surface area contributed by atoms with Gasteiger partial charge in [0.05, 0.1) is 13.2 Å². The first-order chi connectivity index (χ1) is 9.79. The molecule has 116 valence electrons. The molecule has 1 atom stereocenters. The van der Waals surface area contributed by atoms with E-state index in [9.17, 15) is 4.79 Å². The molecule has 2 aliphatic rings. The molecule has 2 heterocycles. The molecule has 1 N–H and O–H groups in total. The maximum atomic E-state index is 12.0. The van der Waals surface area contributed by atoms with Crippen LogP contribution < -0.4 is 5.32 Å². The number of amides is 1. The molecular weight excluding hydrogens is 254 g/mol. The Hall–Kier alpha value is -0.650. The average Bonchev–Trinajstić information content (AvgIpc) is 2.73.